The van der Waals surface area contributed by atoms with Crippen molar-refractivity contribution < 1.29 is 22.0 Å². The topological polar surface area (TPSA) is 66.5 Å². The largest absolute Gasteiger partial charge is 0.350 e. The van der Waals surface area contributed by atoms with Crippen LogP contribution in [0.5, 0.6) is 0 Å². The highest BCUT2D eigenvalue weighted by molar-refractivity contribution is 7.92. The molecule has 2 aromatic rings. The lowest BCUT2D eigenvalue weighted by Crippen LogP contribution is -2.38. The standard InChI is InChI=1S/C19H22F2N2O3S/c1-13(2)15-6-4-5-7-18(15)23(27(3,25)26)11-10-22-19(24)14-8-9-16(20)17(21)12-14/h4-9,12-13H,10-11H2,1-3H3,(H,22,24). The number of benzene rings is 2. The number of halogens is 2. The fourth-order valence-electron chi connectivity index (χ4n) is 2.68. The molecule has 27 heavy (non-hydrogen) atoms. The van der Waals surface area contributed by atoms with Crippen molar-refractivity contribution >= 4 is 21.6 Å². The van der Waals surface area contributed by atoms with E-state index in [1.807, 2.05) is 26.0 Å². The van der Waals surface area contributed by atoms with E-state index in [2.05, 4.69) is 5.32 Å². The van der Waals surface area contributed by atoms with Crippen LogP contribution in [0.2, 0.25) is 0 Å². The number of sulfonamides is 1. The number of carbonyl (C=O) groups excluding carboxylic acids is 1. The normalized spacial score (nSPS) is 11.5. The molecule has 0 aliphatic heterocycles. The molecule has 1 amide bonds. The lowest BCUT2D eigenvalue weighted by molar-refractivity contribution is 0.0954. The number of para-hydroxylation sites is 1. The van der Waals surface area contributed by atoms with Crippen molar-refractivity contribution in [3.8, 4) is 0 Å². The number of rotatable bonds is 7. The molecule has 0 spiro atoms. The fraction of sp³-hybridized carbons (Fsp3) is 0.316. The predicted octanol–water partition coefficient (Wildman–Crippen LogP) is 3.28. The van der Waals surface area contributed by atoms with Crippen LogP contribution in [0.25, 0.3) is 0 Å². The van der Waals surface area contributed by atoms with Crippen LogP contribution in [0.4, 0.5) is 14.5 Å². The van der Waals surface area contributed by atoms with Crippen molar-refractivity contribution in [1.82, 2.24) is 5.32 Å². The first-order chi connectivity index (χ1) is 12.6. The summed E-state index contributed by atoms with van der Waals surface area (Å²) in [4.78, 5) is 12.1. The van der Waals surface area contributed by atoms with Gasteiger partial charge in [-0.25, -0.2) is 17.2 Å². The summed E-state index contributed by atoms with van der Waals surface area (Å²) in [6, 6.07) is 9.99. The Kier molecular flexibility index (Phi) is 6.54. The second kappa shape index (κ2) is 8.47. The minimum absolute atomic E-state index is 0.0112. The molecule has 0 aromatic heterocycles. The van der Waals surface area contributed by atoms with Gasteiger partial charge in [-0.1, -0.05) is 32.0 Å². The summed E-state index contributed by atoms with van der Waals surface area (Å²) in [5.41, 5.74) is 1.38. The van der Waals surface area contributed by atoms with Crippen molar-refractivity contribution in [3.05, 3.63) is 65.2 Å². The zero-order valence-corrected chi connectivity index (χ0v) is 16.2. The molecule has 0 fully saturated rings. The maximum atomic E-state index is 13.2. The third-order valence-electron chi connectivity index (χ3n) is 4.01. The third kappa shape index (κ3) is 5.26. The van der Waals surface area contributed by atoms with Crippen LogP contribution in [-0.4, -0.2) is 33.7 Å². The zero-order valence-electron chi connectivity index (χ0n) is 15.4. The Morgan fingerprint density at radius 1 is 1.11 bits per heavy atom. The van der Waals surface area contributed by atoms with Crippen LogP contribution >= 0.6 is 0 Å². The van der Waals surface area contributed by atoms with Crippen molar-refractivity contribution in [2.24, 2.45) is 0 Å². The van der Waals surface area contributed by atoms with E-state index in [0.717, 1.165) is 30.0 Å². The van der Waals surface area contributed by atoms with Gasteiger partial charge in [0.25, 0.3) is 5.91 Å². The molecular formula is C19H22F2N2O3S. The van der Waals surface area contributed by atoms with E-state index >= 15 is 0 Å². The van der Waals surface area contributed by atoms with Gasteiger partial charge in [-0.15, -0.1) is 0 Å². The molecule has 146 valence electrons. The van der Waals surface area contributed by atoms with Crippen LogP contribution in [-0.2, 0) is 10.0 Å². The first-order valence-corrected chi connectivity index (χ1v) is 10.3. The summed E-state index contributed by atoms with van der Waals surface area (Å²) < 4.78 is 51.9. The van der Waals surface area contributed by atoms with Crippen LogP contribution in [0.1, 0.15) is 35.7 Å². The minimum atomic E-state index is -3.58. The second-order valence-electron chi connectivity index (χ2n) is 6.43. The molecule has 1 N–H and O–H groups in total. The molecule has 0 aliphatic rings. The third-order valence-corrected chi connectivity index (χ3v) is 5.19. The molecule has 8 heteroatoms. The summed E-state index contributed by atoms with van der Waals surface area (Å²) >= 11 is 0. The zero-order chi connectivity index (χ0) is 20.2. The quantitative estimate of drug-likeness (QED) is 0.781. The van der Waals surface area contributed by atoms with E-state index in [0.29, 0.717) is 5.69 Å². The molecule has 2 rings (SSSR count). The van der Waals surface area contributed by atoms with E-state index < -0.39 is 27.6 Å². The lowest BCUT2D eigenvalue weighted by atomic mass is 10.0. The number of nitrogens with zero attached hydrogens (tertiary/aromatic N) is 1. The Labute approximate surface area is 158 Å². The van der Waals surface area contributed by atoms with Crippen molar-refractivity contribution in [3.63, 3.8) is 0 Å². The summed E-state index contributed by atoms with van der Waals surface area (Å²) in [7, 11) is -3.58. The molecule has 0 aliphatic carbocycles. The molecule has 2 aromatic carbocycles. The summed E-state index contributed by atoms with van der Waals surface area (Å²) in [5.74, 6) is -2.66. The Morgan fingerprint density at radius 3 is 2.37 bits per heavy atom. The van der Waals surface area contributed by atoms with Gasteiger partial charge < -0.3 is 5.32 Å². The lowest BCUT2D eigenvalue weighted by Gasteiger charge is -2.26. The number of carbonyl (C=O) groups is 1. The van der Waals surface area contributed by atoms with Gasteiger partial charge in [-0.05, 0) is 35.7 Å². The van der Waals surface area contributed by atoms with Crippen LogP contribution in [0.15, 0.2) is 42.5 Å². The number of anilines is 1. The molecule has 0 atom stereocenters. The fourth-order valence-corrected chi connectivity index (χ4v) is 3.62. The van der Waals surface area contributed by atoms with E-state index in [1.54, 1.807) is 12.1 Å². The molecule has 5 nitrogen and oxygen atoms in total. The monoisotopic (exact) mass is 396 g/mol. The van der Waals surface area contributed by atoms with Crippen LogP contribution in [0, 0.1) is 11.6 Å². The molecule has 0 saturated heterocycles. The van der Waals surface area contributed by atoms with Crippen molar-refractivity contribution in [2.45, 2.75) is 19.8 Å². The van der Waals surface area contributed by atoms with Gasteiger partial charge in [-0.3, -0.25) is 9.10 Å². The molecule has 0 radical (unpaired) electrons. The molecule has 0 heterocycles. The summed E-state index contributed by atoms with van der Waals surface area (Å²) in [6.45, 7) is 3.95. The van der Waals surface area contributed by atoms with Gasteiger partial charge in [0.2, 0.25) is 10.0 Å². The van der Waals surface area contributed by atoms with Gasteiger partial charge in [0.15, 0.2) is 11.6 Å². The van der Waals surface area contributed by atoms with Gasteiger partial charge in [0.1, 0.15) is 0 Å². The first kappa shape index (κ1) is 20.8. The average molecular weight is 396 g/mol. The first-order valence-electron chi connectivity index (χ1n) is 8.41. The van der Waals surface area contributed by atoms with E-state index in [9.17, 15) is 22.0 Å². The van der Waals surface area contributed by atoms with Crippen molar-refractivity contribution in [1.29, 1.82) is 0 Å². The molecular weight excluding hydrogens is 374 g/mol. The Bertz CT molecular complexity index is 930. The smallest absolute Gasteiger partial charge is 0.251 e. The van der Waals surface area contributed by atoms with Gasteiger partial charge in [0, 0.05) is 12.1 Å². The van der Waals surface area contributed by atoms with Gasteiger partial charge in [0.05, 0.1) is 18.5 Å². The Balaban J connectivity index is 2.15. The number of nitrogens with one attached hydrogen (secondary N) is 1. The number of amides is 1. The number of hydrogen-bond acceptors (Lipinski definition) is 3. The highest BCUT2D eigenvalue weighted by Crippen LogP contribution is 2.28. The van der Waals surface area contributed by atoms with Crippen LogP contribution in [0.3, 0.4) is 0 Å². The Morgan fingerprint density at radius 2 is 1.78 bits per heavy atom. The van der Waals surface area contributed by atoms with Crippen molar-refractivity contribution in [2.75, 3.05) is 23.7 Å². The maximum Gasteiger partial charge on any atom is 0.251 e. The van der Waals surface area contributed by atoms with Gasteiger partial charge in [-0.2, -0.15) is 0 Å². The van der Waals surface area contributed by atoms with E-state index in [1.165, 1.54) is 4.31 Å². The predicted molar refractivity (Wildman–Crippen MR) is 101 cm³/mol. The summed E-state index contributed by atoms with van der Waals surface area (Å²) in [6.07, 6.45) is 1.10. The highest BCUT2D eigenvalue weighted by Gasteiger charge is 2.21. The second-order valence-corrected chi connectivity index (χ2v) is 8.34. The maximum absolute atomic E-state index is 13.2. The van der Waals surface area contributed by atoms with E-state index in [4.69, 9.17) is 0 Å². The minimum Gasteiger partial charge on any atom is -0.350 e. The SMILES string of the molecule is CC(C)c1ccccc1N(CCNC(=O)c1ccc(F)c(F)c1)S(C)(=O)=O. The molecule has 0 unspecified atom stereocenters. The average Bonchev–Trinajstić information content (AvgIpc) is 2.59. The summed E-state index contributed by atoms with van der Waals surface area (Å²) in [5, 5.41) is 2.53. The van der Waals surface area contributed by atoms with Crippen LogP contribution < -0.4 is 9.62 Å². The highest BCUT2D eigenvalue weighted by atomic mass is 32.2. The molecule has 0 saturated carbocycles. The van der Waals surface area contributed by atoms with Gasteiger partial charge >= 0.3 is 0 Å². The van der Waals surface area contributed by atoms with E-state index in [-0.39, 0.29) is 24.6 Å². The molecule has 0 bridgehead atoms. The number of hydrogen-bond donors (Lipinski definition) is 1. The Hall–Kier alpha value is -2.48.